The van der Waals surface area contributed by atoms with Gasteiger partial charge in [-0.25, -0.2) is 18.7 Å². The number of likely N-dealkylation sites (tertiary alicyclic amines) is 1. The van der Waals surface area contributed by atoms with Gasteiger partial charge in [-0.05, 0) is 20.0 Å². The molecule has 25 heavy (non-hydrogen) atoms. The summed E-state index contributed by atoms with van der Waals surface area (Å²) in [4.78, 5) is 12.3. The van der Waals surface area contributed by atoms with Gasteiger partial charge in [-0.2, -0.15) is 5.10 Å². The highest BCUT2D eigenvalue weighted by Gasteiger charge is 2.36. The molecule has 4 heterocycles. The normalized spacial score (nSPS) is 24.5. The number of hydrogen-bond donors (Lipinski definition) is 1. The number of β-amino-alcohol motifs (C(OH)–C–C–N with tert-alkyl or cyclic N) is 1. The Morgan fingerprint density at radius 2 is 2.00 bits per heavy atom. The highest BCUT2D eigenvalue weighted by Crippen LogP contribution is 2.30. The molecule has 0 bridgehead atoms. The molecule has 0 amide bonds. The number of nitrogens with zero attached hydrogens (tertiary/aromatic N) is 6. The molecule has 4 rings (SSSR count). The zero-order valence-corrected chi connectivity index (χ0v) is 14.0. The van der Waals surface area contributed by atoms with Gasteiger partial charge in [-0.15, -0.1) is 0 Å². The van der Waals surface area contributed by atoms with Crippen molar-refractivity contribution in [2.45, 2.75) is 31.5 Å². The van der Waals surface area contributed by atoms with Crippen LogP contribution in [0.15, 0.2) is 18.5 Å². The fourth-order valence-corrected chi connectivity index (χ4v) is 3.20. The summed E-state index contributed by atoms with van der Waals surface area (Å²) in [5.41, 5.74) is 0.798. The molecule has 9 heteroatoms. The summed E-state index contributed by atoms with van der Waals surface area (Å²) in [6.07, 6.45) is 0.319. The van der Waals surface area contributed by atoms with Crippen LogP contribution in [0.4, 0.5) is 14.7 Å². The van der Waals surface area contributed by atoms with Crippen molar-refractivity contribution in [3.63, 3.8) is 0 Å². The summed E-state index contributed by atoms with van der Waals surface area (Å²) >= 11 is 0. The summed E-state index contributed by atoms with van der Waals surface area (Å²) in [7, 11) is 2.04. The molecular formula is C16H20F2N6O. The lowest BCUT2D eigenvalue weighted by molar-refractivity contribution is 0.0974. The predicted molar refractivity (Wildman–Crippen MR) is 87.6 cm³/mol. The Balaban J connectivity index is 1.65. The van der Waals surface area contributed by atoms with Crippen LogP contribution in [0.25, 0.3) is 11.3 Å². The van der Waals surface area contributed by atoms with Crippen LogP contribution in [0.1, 0.15) is 25.1 Å². The maximum Gasteiger partial charge on any atom is 0.280 e. The Hall–Kier alpha value is -2.13. The molecule has 0 aromatic carbocycles. The number of rotatable bonds is 4. The molecule has 2 atom stereocenters. The molecule has 0 radical (unpaired) electrons. The van der Waals surface area contributed by atoms with E-state index in [-0.39, 0.29) is 17.7 Å². The van der Waals surface area contributed by atoms with Gasteiger partial charge in [0.1, 0.15) is 5.69 Å². The second-order valence-corrected chi connectivity index (χ2v) is 6.82. The van der Waals surface area contributed by atoms with Gasteiger partial charge in [0.05, 0.1) is 30.1 Å². The molecule has 2 aliphatic rings. The largest absolute Gasteiger partial charge is 0.389 e. The molecule has 1 N–H and O–H groups in total. The van der Waals surface area contributed by atoms with Gasteiger partial charge < -0.3 is 14.9 Å². The third-order valence-electron chi connectivity index (χ3n) is 4.96. The molecule has 134 valence electrons. The average molecular weight is 350 g/mol. The predicted octanol–water partition coefficient (Wildman–Crippen LogP) is 1.33. The van der Waals surface area contributed by atoms with E-state index in [0.29, 0.717) is 23.8 Å². The zero-order chi connectivity index (χ0) is 17.7. The van der Waals surface area contributed by atoms with Crippen LogP contribution in [0.3, 0.4) is 0 Å². The standard InChI is InChI=1S/C16H20F2N6O/c1-9-14(25)8-23(9)16-20-12(3-13(21-16)15(17)18)10-4-19-24(5-10)11-6-22(2)7-11/h3-5,9,11,14-15,25H,6-8H2,1-2H3/t9-,14+/m0/s1. The number of halogens is 2. The molecule has 2 aliphatic heterocycles. The molecule has 2 aromatic rings. The first-order valence-corrected chi connectivity index (χ1v) is 8.27. The highest BCUT2D eigenvalue weighted by atomic mass is 19.3. The van der Waals surface area contributed by atoms with E-state index in [1.54, 1.807) is 11.1 Å². The van der Waals surface area contributed by atoms with Crippen LogP contribution in [0.5, 0.6) is 0 Å². The Bertz CT molecular complexity index is 776. The minimum Gasteiger partial charge on any atom is -0.389 e. The van der Waals surface area contributed by atoms with Crippen molar-refractivity contribution in [3.8, 4) is 11.3 Å². The van der Waals surface area contributed by atoms with Crippen molar-refractivity contribution in [2.24, 2.45) is 0 Å². The van der Waals surface area contributed by atoms with Gasteiger partial charge in [0.15, 0.2) is 0 Å². The summed E-state index contributed by atoms with van der Waals surface area (Å²) in [5, 5.41) is 14.0. The Morgan fingerprint density at radius 1 is 1.24 bits per heavy atom. The highest BCUT2D eigenvalue weighted by molar-refractivity contribution is 5.60. The number of anilines is 1. The van der Waals surface area contributed by atoms with E-state index < -0.39 is 12.5 Å². The molecule has 7 nitrogen and oxygen atoms in total. The van der Waals surface area contributed by atoms with Crippen molar-refractivity contribution >= 4 is 5.95 Å². The third-order valence-corrected chi connectivity index (χ3v) is 4.96. The lowest BCUT2D eigenvalue weighted by Gasteiger charge is -2.43. The van der Waals surface area contributed by atoms with Gasteiger partial charge in [0.2, 0.25) is 5.95 Å². The second kappa shape index (κ2) is 5.99. The molecule has 0 saturated carbocycles. The lowest BCUT2D eigenvalue weighted by atomic mass is 10.0. The number of likely N-dealkylation sites (N-methyl/N-ethyl adjacent to an activating group) is 1. The fourth-order valence-electron chi connectivity index (χ4n) is 3.20. The van der Waals surface area contributed by atoms with Crippen LogP contribution in [0.2, 0.25) is 0 Å². The number of aromatic nitrogens is 4. The molecule has 2 fully saturated rings. The number of aliphatic hydroxyl groups excluding tert-OH is 1. The summed E-state index contributed by atoms with van der Waals surface area (Å²) in [5.74, 6) is 0.224. The minimum atomic E-state index is -2.68. The molecular weight excluding hydrogens is 330 g/mol. The van der Waals surface area contributed by atoms with Crippen LogP contribution in [-0.2, 0) is 0 Å². The van der Waals surface area contributed by atoms with Crippen molar-refractivity contribution in [3.05, 3.63) is 24.2 Å². The second-order valence-electron chi connectivity index (χ2n) is 6.82. The van der Waals surface area contributed by atoms with Crippen LogP contribution >= 0.6 is 0 Å². The van der Waals surface area contributed by atoms with Gasteiger partial charge in [0.25, 0.3) is 6.43 Å². The van der Waals surface area contributed by atoms with E-state index in [4.69, 9.17) is 0 Å². The van der Waals surface area contributed by atoms with Gasteiger partial charge in [-0.3, -0.25) is 4.68 Å². The molecule has 2 saturated heterocycles. The van der Waals surface area contributed by atoms with E-state index in [1.165, 1.54) is 6.07 Å². The first-order chi connectivity index (χ1) is 11.9. The first-order valence-electron chi connectivity index (χ1n) is 8.27. The molecule has 2 aromatic heterocycles. The minimum absolute atomic E-state index is 0.186. The van der Waals surface area contributed by atoms with E-state index >= 15 is 0 Å². The smallest absolute Gasteiger partial charge is 0.280 e. The van der Waals surface area contributed by atoms with E-state index in [0.717, 1.165) is 13.1 Å². The fraction of sp³-hybridized carbons (Fsp3) is 0.562. The van der Waals surface area contributed by atoms with Crippen molar-refractivity contribution in [2.75, 3.05) is 31.6 Å². The lowest BCUT2D eigenvalue weighted by Crippen LogP contribution is -2.59. The molecule has 0 unspecified atom stereocenters. The quantitative estimate of drug-likeness (QED) is 0.897. The average Bonchev–Trinajstić information content (AvgIpc) is 3.05. The Morgan fingerprint density at radius 3 is 2.60 bits per heavy atom. The van der Waals surface area contributed by atoms with Crippen LogP contribution in [0, 0.1) is 0 Å². The van der Waals surface area contributed by atoms with Gasteiger partial charge >= 0.3 is 0 Å². The maximum atomic E-state index is 13.3. The molecule has 0 spiro atoms. The third kappa shape index (κ3) is 2.87. The Kier molecular flexibility index (Phi) is 3.92. The summed E-state index contributed by atoms with van der Waals surface area (Å²) in [6.45, 7) is 4.00. The number of aliphatic hydroxyl groups is 1. The molecule has 0 aliphatic carbocycles. The first kappa shape index (κ1) is 16.3. The number of alkyl halides is 2. The van der Waals surface area contributed by atoms with E-state index in [9.17, 15) is 13.9 Å². The summed E-state index contributed by atoms with van der Waals surface area (Å²) < 4.78 is 28.4. The zero-order valence-electron chi connectivity index (χ0n) is 14.0. The number of hydrogen-bond acceptors (Lipinski definition) is 6. The van der Waals surface area contributed by atoms with Crippen molar-refractivity contribution in [1.29, 1.82) is 0 Å². The van der Waals surface area contributed by atoms with Crippen molar-refractivity contribution in [1.82, 2.24) is 24.6 Å². The Labute approximate surface area is 143 Å². The van der Waals surface area contributed by atoms with E-state index in [1.807, 2.05) is 24.9 Å². The SMILES string of the molecule is C[C@H]1[C@H](O)CN1c1nc(-c2cnn(C3CN(C)C3)c2)cc(C(F)F)n1. The van der Waals surface area contributed by atoms with Crippen LogP contribution < -0.4 is 4.90 Å². The monoisotopic (exact) mass is 350 g/mol. The van der Waals surface area contributed by atoms with Gasteiger partial charge in [-0.1, -0.05) is 0 Å². The topological polar surface area (TPSA) is 70.3 Å². The van der Waals surface area contributed by atoms with Crippen LogP contribution in [-0.4, -0.2) is 68.6 Å². The van der Waals surface area contributed by atoms with Crippen molar-refractivity contribution < 1.29 is 13.9 Å². The summed E-state index contributed by atoms with van der Waals surface area (Å²) in [6, 6.07) is 1.43. The maximum absolute atomic E-state index is 13.3. The van der Waals surface area contributed by atoms with E-state index in [2.05, 4.69) is 20.0 Å². The van der Waals surface area contributed by atoms with Gasteiger partial charge in [0, 0.05) is 31.4 Å².